The molecule has 2 aromatic rings. The maximum atomic E-state index is 12.8. The lowest BCUT2D eigenvalue weighted by atomic mass is 9.79. The van der Waals surface area contributed by atoms with Crippen molar-refractivity contribution in [1.29, 1.82) is 0 Å². The van der Waals surface area contributed by atoms with Gasteiger partial charge in [0.05, 0.1) is 17.0 Å². The molecule has 2 aromatic carbocycles. The van der Waals surface area contributed by atoms with E-state index >= 15 is 0 Å². The number of benzene rings is 2. The first-order chi connectivity index (χ1) is 15.1. The molecule has 1 N–H and O–H groups in total. The van der Waals surface area contributed by atoms with Gasteiger partial charge in [-0.2, -0.15) is 0 Å². The molecule has 0 aromatic heterocycles. The lowest BCUT2D eigenvalue weighted by molar-refractivity contribution is 0.00578. The number of hydrogen-bond donors (Lipinski definition) is 1. The summed E-state index contributed by atoms with van der Waals surface area (Å²) in [7, 11) is -3.70. The molecule has 0 radical (unpaired) electrons. The molecule has 6 nitrogen and oxygen atoms in total. The number of piperidine rings is 1. The monoisotopic (exact) mass is 456 g/mol. The summed E-state index contributed by atoms with van der Waals surface area (Å²) in [5.41, 5.74) is 2.06. The van der Waals surface area contributed by atoms with Crippen LogP contribution in [-0.2, 0) is 25.1 Å². The summed E-state index contributed by atoms with van der Waals surface area (Å²) in [4.78, 5) is 0. The van der Waals surface area contributed by atoms with Crippen molar-refractivity contribution in [3.63, 3.8) is 0 Å². The van der Waals surface area contributed by atoms with E-state index in [1.165, 1.54) is 0 Å². The normalized spacial score (nSPS) is 21.6. The van der Waals surface area contributed by atoms with Gasteiger partial charge in [0.1, 0.15) is 0 Å². The summed E-state index contributed by atoms with van der Waals surface area (Å²) < 4.78 is 39.6. The second-order valence-electron chi connectivity index (χ2n) is 9.77. The Hall–Kier alpha value is -1.87. The summed E-state index contributed by atoms with van der Waals surface area (Å²) in [6.07, 6.45) is 1.55. The number of sulfonamides is 1. The van der Waals surface area contributed by atoms with E-state index in [4.69, 9.17) is 9.31 Å². The Bertz CT molecular complexity index is 1020. The number of nitrogens with one attached hydrogen (secondary N) is 1. The van der Waals surface area contributed by atoms with Crippen LogP contribution in [0.4, 0.5) is 5.69 Å². The van der Waals surface area contributed by atoms with Gasteiger partial charge in [-0.15, -0.1) is 0 Å². The zero-order valence-corrected chi connectivity index (χ0v) is 20.2. The third-order valence-electron chi connectivity index (χ3n) is 6.82. The third-order valence-corrected chi connectivity index (χ3v) is 8.67. The smallest absolute Gasteiger partial charge is 0.399 e. The SMILES string of the molecule is CC1(C)OB(c2cccc(NC3CCN(S(=O)(=O)Cc4ccccc4)CC3)c2)OC1(C)C. The van der Waals surface area contributed by atoms with Gasteiger partial charge in [-0.25, -0.2) is 12.7 Å². The molecule has 2 heterocycles. The molecule has 2 aliphatic heterocycles. The summed E-state index contributed by atoms with van der Waals surface area (Å²) in [6.45, 7) is 9.26. The summed E-state index contributed by atoms with van der Waals surface area (Å²) >= 11 is 0. The zero-order valence-electron chi connectivity index (χ0n) is 19.4. The molecule has 0 atom stereocenters. The van der Waals surface area contributed by atoms with Gasteiger partial charge in [0.2, 0.25) is 10.0 Å². The Morgan fingerprint density at radius 2 is 1.59 bits per heavy atom. The van der Waals surface area contributed by atoms with E-state index in [0.29, 0.717) is 13.1 Å². The topological polar surface area (TPSA) is 67.9 Å². The molecule has 0 aliphatic carbocycles. The van der Waals surface area contributed by atoms with Crippen LogP contribution in [0.2, 0.25) is 0 Å². The fraction of sp³-hybridized carbons (Fsp3) is 0.500. The van der Waals surface area contributed by atoms with Crippen molar-refractivity contribution >= 4 is 28.3 Å². The predicted molar refractivity (Wildman–Crippen MR) is 129 cm³/mol. The maximum Gasteiger partial charge on any atom is 0.494 e. The van der Waals surface area contributed by atoms with Crippen molar-refractivity contribution in [3.8, 4) is 0 Å². The van der Waals surface area contributed by atoms with Gasteiger partial charge in [-0.05, 0) is 63.7 Å². The van der Waals surface area contributed by atoms with Crippen molar-refractivity contribution in [2.24, 2.45) is 0 Å². The number of rotatable bonds is 6. The van der Waals surface area contributed by atoms with Gasteiger partial charge in [0, 0.05) is 24.8 Å². The Morgan fingerprint density at radius 3 is 2.22 bits per heavy atom. The molecule has 0 saturated carbocycles. The Kier molecular flexibility index (Phi) is 6.42. The lowest BCUT2D eigenvalue weighted by Gasteiger charge is -2.32. The molecule has 2 aliphatic rings. The fourth-order valence-electron chi connectivity index (χ4n) is 4.14. The minimum atomic E-state index is -3.30. The van der Waals surface area contributed by atoms with Crippen LogP contribution < -0.4 is 10.8 Å². The molecule has 4 rings (SSSR count). The van der Waals surface area contributed by atoms with Crippen LogP contribution in [0.5, 0.6) is 0 Å². The van der Waals surface area contributed by atoms with Gasteiger partial charge in [-0.3, -0.25) is 0 Å². The molecule has 0 unspecified atom stereocenters. The quantitative estimate of drug-likeness (QED) is 0.675. The standard InChI is InChI=1S/C24H33BN2O4S/c1-23(2)24(3,4)31-25(30-23)20-11-8-12-22(17-20)26-21-13-15-27(16-14-21)32(28,29)18-19-9-6-5-7-10-19/h5-12,17,21,26H,13-16,18H2,1-4H3. The second-order valence-corrected chi connectivity index (χ2v) is 11.7. The third kappa shape index (κ3) is 5.04. The first-order valence-electron chi connectivity index (χ1n) is 11.3. The van der Waals surface area contributed by atoms with Crippen molar-refractivity contribution < 1.29 is 17.7 Å². The first-order valence-corrected chi connectivity index (χ1v) is 12.9. The van der Waals surface area contributed by atoms with Crippen molar-refractivity contribution in [2.75, 3.05) is 18.4 Å². The van der Waals surface area contributed by atoms with Crippen molar-refractivity contribution in [3.05, 3.63) is 60.2 Å². The lowest BCUT2D eigenvalue weighted by Crippen LogP contribution is -2.43. The van der Waals surface area contributed by atoms with E-state index in [9.17, 15) is 8.42 Å². The Balaban J connectivity index is 1.34. The molecule has 0 spiro atoms. The van der Waals surface area contributed by atoms with Gasteiger partial charge < -0.3 is 14.6 Å². The van der Waals surface area contributed by atoms with Gasteiger partial charge in [0.15, 0.2) is 0 Å². The van der Waals surface area contributed by atoms with Crippen LogP contribution >= 0.6 is 0 Å². The van der Waals surface area contributed by atoms with Crippen LogP contribution in [0, 0.1) is 0 Å². The second kappa shape index (κ2) is 8.82. The minimum Gasteiger partial charge on any atom is -0.399 e. The summed E-state index contributed by atoms with van der Waals surface area (Å²) in [5.74, 6) is 0.0576. The van der Waals surface area contributed by atoms with E-state index in [1.807, 2.05) is 48.5 Å². The zero-order chi connectivity index (χ0) is 23.0. The fourth-order valence-corrected chi connectivity index (χ4v) is 5.71. The molecule has 0 bridgehead atoms. The maximum absolute atomic E-state index is 12.8. The van der Waals surface area contributed by atoms with Gasteiger partial charge >= 0.3 is 7.12 Å². The van der Waals surface area contributed by atoms with Crippen molar-refractivity contribution in [1.82, 2.24) is 4.31 Å². The van der Waals surface area contributed by atoms with Crippen molar-refractivity contribution in [2.45, 2.75) is 63.5 Å². The highest BCUT2D eigenvalue weighted by atomic mass is 32.2. The highest BCUT2D eigenvalue weighted by Crippen LogP contribution is 2.36. The molecular weight excluding hydrogens is 423 g/mol. The number of nitrogens with zero attached hydrogens (tertiary/aromatic N) is 1. The minimum absolute atomic E-state index is 0.0576. The van der Waals surface area contributed by atoms with Crippen LogP contribution in [0.15, 0.2) is 54.6 Å². The first kappa shape index (κ1) is 23.3. The van der Waals surface area contributed by atoms with E-state index in [-0.39, 0.29) is 23.0 Å². The molecule has 172 valence electrons. The molecular formula is C24H33BN2O4S. The van der Waals surface area contributed by atoms with E-state index < -0.39 is 17.1 Å². The Morgan fingerprint density at radius 1 is 0.969 bits per heavy atom. The molecule has 2 saturated heterocycles. The molecule has 8 heteroatoms. The summed E-state index contributed by atoms with van der Waals surface area (Å²) in [6, 6.07) is 17.7. The van der Waals surface area contributed by atoms with Crippen LogP contribution in [0.1, 0.15) is 46.1 Å². The molecule has 0 amide bonds. The van der Waals surface area contributed by atoms with E-state index in [1.54, 1.807) is 4.31 Å². The van der Waals surface area contributed by atoms with E-state index in [0.717, 1.165) is 29.6 Å². The molecule has 2 fully saturated rings. The number of hydrogen-bond acceptors (Lipinski definition) is 5. The predicted octanol–water partition coefficient (Wildman–Crippen LogP) is 3.39. The number of anilines is 1. The van der Waals surface area contributed by atoms with Crippen LogP contribution in [-0.4, -0.2) is 50.2 Å². The van der Waals surface area contributed by atoms with Gasteiger partial charge in [-0.1, -0.05) is 42.5 Å². The average Bonchev–Trinajstić information content (AvgIpc) is 2.96. The largest absolute Gasteiger partial charge is 0.494 e. The van der Waals surface area contributed by atoms with Gasteiger partial charge in [0.25, 0.3) is 0 Å². The van der Waals surface area contributed by atoms with E-state index in [2.05, 4.69) is 39.1 Å². The van der Waals surface area contributed by atoms with Crippen LogP contribution in [0.25, 0.3) is 0 Å². The summed E-state index contributed by atoms with van der Waals surface area (Å²) in [5, 5.41) is 3.58. The highest BCUT2D eigenvalue weighted by Gasteiger charge is 2.51. The Labute approximate surface area is 192 Å². The highest BCUT2D eigenvalue weighted by molar-refractivity contribution is 7.88. The van der Waals surface area contributed by atoms with Crippen LogP contribution in [0.3, 0.4) is 0 Å². The average molecular weight is 456 g/mol. The molecule has 32 heavy (non-hydrogen) atoms.